The van der Waals surface area contributed by atoms with Gasteiger partial charge in [0, 0.05) is 49.3 Å². The van der Waals surface area contributed by atoms with Crippen LogP contribution in [0.5, 0.6) is 0 Å². The molecule has 3 rings (SSSR count). The Kier molecular flexibility index (Phi) is 5.06. The lowest BCUT2D eigenvalue weighted by atomic mass is 10.2. The Bertz CT molecular complexity index is 874. The molecule has 0 aliphatic carbocycles. The van der Waals surface area contributed by atoms with Crippen molar-refractivity contribution in [3.63, 3.8) is 0 Å². The maximum absolute atomic E-state index is 11.4. The smallest absolute Gasteiger partial charge is 0.407 e. The Morgan fingerprint density at radius 3 is 2.78 bits per heavy atom. The normalized spacial score (nSPS) is 16.9. The van der Waals surface area contributed by atoms with E-state index in [0.717, 1.165) is 5.69 Å². The van der Waals surface area contributed by atoms with Crippen molar-refractivity contribution in [3.05, 3.63) is 46.3 Å². The number of carbonyl (C=O) groups is 1. The first-order valence-corrected chi connectivity index (χ1v) is 8.45. The van der Waals surface area contributed by atoms with Gasteiger partial charge >= 0.3 is 11.8 Å². The fraction of sp³-hybridized carbons (Fsp3) is 0.353. The molecule has 3 heterocycles. The summed E-state index contributed by atoms with van der Waals surface area (Å²) in [6.45, 7) is 4.93. The zero-order chi connectivity index (χ0) is 19.6. The molecule has 142 valence electrons. The quantitative estimate of drug-likeness (QED) is 0.620. The van der Waals surface area contributed by atoms with Crippen molar-refractivity contribution in [2.24, 2.45) is 0 Å². The van der Waals surface area contributed by atoms with E-state index in [4.69, 9.17) is 0 Å². The number of rotatable bonds is 4. The minimum absolute atomic E-state index is 0.134. The Morgan fingerprint density at radius 2 is 2.15 bits per heavy atom. The largest absolute Gasteiger partial charge is 0.465 e. The van der Waals surface area contributed by atoms with Crippen LogP contribution in [-0.4, -0.2) is 56.7 Å². The molecule has 0 radical (unpaired) electrons. The number of nitrogens with zero attached hydrogens (tertiary/aromatic N) is 5. The number of hydrogen-bond acceptors (Lipinski definition) is 7. The summed E-state index contributed by atoms with van der Waals surface area (Å²) in [7, 11) is 0. The van der Waals surface area contributed by atoms with Gasteiger partial charge in [0.05, 0.1) is 4.92 Å². The van der Waals surface area contributed by atoms with Gasteiger partial charge in [0.15, 0.2) is 0 Å². The number of nitrogens with one attached hydrogen (secondary N) is 1. The van der Waals surface area contributed by atoms with Gasteiger partial charge in [-0.15, -0.1) is 0 Å². The molecule has 0 spiro atoms. The van der Waals surface area contributed by atoms with E-state index in [2.05, 4.69) is 15.3 Å². The molecular weight excluding hydrogens is 352 g/mol. The number of carboxylic acid groups (broad SMARTS) is 1. The number of amides is 1. The molecule has 2 aromatic rings. The van der Waals surface area contributed by atoms with E-state index in [1.54, 1.807) is 24.4 Å². The summed E-state index contributed by atoms with van der Waals surface area (Å²) in [4.78, 5) is 33.9. The molecule has 1 aliphatic rings. The van der Waals surface area contributed by atoms with Crippen molar-refractivity contribution in [2.45, 2.75) is 19.9 Å². The Morgan fingerprint density at radius 1 is 1.37 bits per heavy atom. The van der Waals surface area contributed by atoms with Crippen molar-refractivity contribution >= 4 is 29.1 Å². The fourth-order valence-electron chi connectivity index (χ4n) is 3.07. The van der Waals surface area contributed by atoms with Gasteiger partial charge in [-0.1, -0.05) is 0 Å². The summed E-state index contributed by atoms with van der Waals surface area (Å²) in [5, 5.41) is 23.5. The minimum Gasteiger partial charge on any atom is -0.465 e. The molecular formula is C17H20N6O4. The van der Waals surface area contributed by atoms with Crippen LogP contribution in [0.2, 0.25) is 0 Å². The molecule has 1 aliphatic heterocycles. The molecule has 1 atom stereocenters. The predicted octanol–water partition coefficient (Wildman–Crippen LogP) is 2.63. The molecule has 1 amide bonds. The van der Waals surface area contributed by atoms with Crippen LogP contribution in [0.15, 0.2) is 30.5 Å². The monoisotopic (exact) mass is 372 g/mol. The SMILES string of the molecule is Cc1cc(Nc2nc(N3CCN(C(=O)O)[C@@H](C)C3)ccc2[N+](=O)[O-])ccn1. The van der Waals surface area contributed by atoms with Gasteiger partial charge in [0.1, 0.15) is 5.82 Å². The maximum atomic E-state index is 11.4. The molecule has 2 N–H and O–H groups in total. The van der Waals surface area contributed by atoms with Crippen molar-refractivity contribution in [1.82, 2.24) is 14.9 Å². The average molecular weight is 372 g/mol. The van der Waals surface area contributed by atoms with Gasteiger partial charge in [-0.25, -0.2) is 9.78 Å². The Balaban J connectivity index is 1.87. The lowest BCUT2D eigenvalue weighted by molar-refractivity contribution is -0.384. The molecule has 0 bridgehead atoms. The lowest BCUT2D eigenvalue weighted by Gasteiger charge is -2.38. The maximum Gasteiger partial charge on any atom is 0.407 e. The molecule has 0 unspecified atom stereocenters. The average Bonchev–Trinajstić information content (AvgIpc) is 2.61. The number of piperazine rings is 1. The molecule has 1 saturated heterocycles. The third-order valence-corrected chi connectivity index (χ3v) is 4.41. The topological polar surface area (TPSA) is 125 Å². The van der Waals surface area contributed by atoms with Crippen LogP contribution >= 0.6 is 0 Å². The van der Waals surface area contributed by atoms with Gasteiger partial charge < -0.3 is 20.2 Å². The molecule has 0 aromatic carbocycles. The third-order valence-electron chi connectivity index (χ3n) is 4.41. The fourth-order valence-corrected chi connectivity index (χ4v) is 3.07. The van der Waals surface area contributed by atoms with E-state index in [9.17, 15) is 20.0 Å². The number of anilines is 3. The van der Waals surface area contributed by atoms with Gasteiger partial charge in [-0.05, 0) is 32.0 Å². The van der Waals surface area contributed by atoms with E-state index in [1.165, 1.54) is 11.0 Å². The van der Waals surface area contributed by atoms with E-state index in [0.29, 0.717) is 31.1 Å². The first-order chi connectivity index (χ1) is 12.8. The van der Waals surface area contributed by atoms with Crippen molar-refractivity contribution < 1.29 is 14.8 Å². The molecule has 27 heavy (non-hydrogen) atoms. The molecule has 0 saturated carbocycles. The van der Waals surface area contributed by atoms with Gasteiger partial charge in [0.25, 0.3) is 0 Å². The Labute approximate surface area is 155 Å². The Hall–Kier alpha value is -3.43. The molecule has 10 heteroatoms. The third kappa shape index (κ3) is 4.05. The first kappa shape index (κ1) is 18.4. The lowest BCUT2D eigenvalue weighted by Crippen LogP contribution is -2.53. The van der Waals surface area contributed by atoms with Crippen molar-refractivity contribution in [3.8, 4) is 0 Å². The highest BCUT2D eigenvalue weighted by Crippen LogP contribution is 2.29. The number of aromatic nitrogens is 2. The zero-order valence-electron chi connectivity index (χ0n) is 15.0. The molecule has 10 nitrogen and oxygen atoms in total. The van der Waals surface area contributed by atoms with Crippen molar-refractivity contribution in [1.29, 1.82) is 0 Å². The number of nitro groups is 1. The summed E-state index contributed by atoms with van der Waals surface area (Å²) in [5.41, 5.74) is 1.29. The summed E-state index contributed by atoms with van der Waals surface area (Å²) in [6, 6.07) is 6.27. The van der Waals surface area contributed by atoms with Crippen LogP contribution in [0.3, 0.4) is 0 Å². The van der Waals surface area contributed by atoms with E-state index in [-0.39, 0.29) is 17.5 Å². The van der Waals surface area contributed by atoms with Gasteiger partial charge in [0.2, 0.25) is 5.82 Å². The second-order valence-electron chi connectivity index (χ2n) is 6.38. The molecule has 1 fully saturated rings. The number of aryl methyl sites for hydroxylation is 1. The van der Waals surface area contributed by atoms with Gasteiger partial charge in [-0.2, -0.15) is 0 Å². The highest BCUT2D eigenvalue weighted by molar-refractivity contribution is 5.69. The zero-order valence-corrected chi connectivity index (χ0v) is 15.0. The summed E-state index contributed by atoms with van der Waals surface area (Å²) >= 11 is 0. The van der Waals surface area contributed by atoms with E-state index in [1.807, 2.05) is 18.7 Å². The van der Waals surface area contributed by atoms with Crippen LogP contribution < -0.4 is 10.2 Å². The highest BCUT2D eigenvalue weighted by Gasteiger charge is 2.28. The summed E-state index contributed by atoms with van der Waals surface area (Å²) in [5.74, 6) is 0.696. The summed E-state index contributed by atoms with van der Waals surface area (Å²) < 4.78 is 0. The van der Waals surface area contributed by atoms with E-state index < -0.39 is 11.0 Å². The highest BCUT2D eigenvalue weighted by atomic mass is 16.6. The van der Waals surface area contributed by atoms with Crippen LogP contribution in [0, 0.1) is 17.0 Å². The number of pyridine rings is 2. The number of hydrogen-bond donors (Lipinski definition) is 2. The van der Waals surface area contributed by atoms with E-state index >= 15 is 0 Å². The summed E-state index contributed by atoms with van der Waals surface area (Å²) in [6.07, 6.45) is 0.661. The van der Waals surface area contributed by atoms with Crippen LogP contribution in [-0.2, 0) is 0 Å². The van der Waals surface area contributed by atoms with Gasteiger partial charge in [-0.3, -0.25) is 15.1 Å². The first-order valence-electron chi connectivity index (χ1n) is 8.45. The predicted molar refractivity (Wildman–Crippen MR) is 99.6 cm³/mol. The van der Waals surface area contributed by atoms with Crippen LogP contribution in [0.4, 0.5) is 27.8 Å². The van der Waals surface area contributed by atoms with Crippen LogP contribution in [0.25, 0.3) is 0 Å². The second-order valence-corrected chi connectivity index (χ2v) is 6.38. The van der Waals surface area contributed by atoms with Crippen LogP contribution in [0.1, 0.15) is 12.6 Å². The second kappa shape index (κ2) is 7.44. The standard InChI is InChI=1S/C17H20N6O4/c1-11-9-13(5-6-18-11)19-16-14(23(26)27)3-4-15(20-16)21-7-8-22(17(24)25)12(2)10-21/h3-6,9,12H,7-8,10H2,1-2H3,(H,24,25)(H,18,19,20)/t12-/m0/s1. The minimum atomic E-state index is -0.950. The van der Waals surface area contributed by atoms with Crippen molar-refractivity contribution in [2.75, 3.05) is 29.9 Å². The molecule has 2 aromatic heterocycles.